The lowest BCUT2D eigenvalue weighted by molar-refractivity contribution is 0.0942. The van der Waals surface area contributed by atoms with Gasteiger partial charge in [-0.05, 0) is 37.5 Å². The lowest BCUT2D eigenvalue weighted by atomic mass is 10.2. The highest BCUT2D eigenvalue weighted by Crippen LogP contribution is 2.28. The van der Waals surface area contributed by atoms with Crippen molar-refractivity contribution < 1.29 is 9.90 Å². The molecule has 6 heteroatoms. The van der Waals surface area contributed by atoms with Crippen LogP contribution in [0.5, 0.6) is 5.75 Å². The van der Waals surface area contributed by atoms with Crippen LogP contribution in [0, 0.1) is 6.92 Å². The molecule has 22 heavy (non-hydrogen) atoms. The average Bonchev–Trinajstić information content (AvgIpc) is 3.16. The first-order chi connectivity index (χ1) is 10.6. The van der Waals surface area contributed by atoms with Crippen molar-refractivity contribution in [2.45, 2.75) is 45.2 Å². The van der Waals surface area contributed by atoms with Crippen molar-refractivity contribution in [1.82, 2.24) is 20.1 Å². The Morgan fingerprint density at radius 1 is 1.45 bits per heavy atom. The molecule has 0 radical (unpaired) electrons. The number of aromatic hydroxyl groups is 1. The van der Waals surface area contributed by atoms with Gasteiger partial charge in [-0.2, -0.15) is 5.10 Å². The summed E-state index contributed by atoms with van der Waals surface area (Å²) in [6, 6.07) is 3.94. The van der Waals surface area contributed by atoms with E-state index in [1.165, 1.54) is 31.7 Å². The van der Waals surface area contributed by atoms with E-state index in [0.29, 0.717) is 12.6 Å². The molecule has 0 bridgehead atoms. The third-order valence-electron chi connectivity index (χ3n) is 4.01. The van der Waals surface area contributed by atoms with Crippen molar-refractivity contribution >= 4 is 5.91 Å². The Kier molecular flexibility index (Phi) is 4.09. The maximum Gasteiger partial charge on any atom is 0.274 e. The van der Waals surface area contributed by atoms with E-state index in [1.807, 2.05) is 23.9 Å². The minimum Gasteiger partial charge on any atom is -0.505 e. The molecule has 1 aliphatic carbocycles. The summed E-state index contributed by atoms with van der Waals surface area (Å²) in [6.07, 6.45) is 8.40. The Balaban J connectivity index is 1.61. The van der Waals surface area contributed by atoms with E-state index in [0.717, 1.165) is 11.3 Å². The number of aryl methyl sites for hydroxylation is 1. The SMILES string of the molecule is Cc1cnc(C(=O)NCc2ccn(C3CCCC3)n2)c(O)c1. The monoisotopic (exact) mass is 300 g/mol. The van der Waals surface area contributed by atoms with Crippen molar-refractivity contribution in [2.75, 3.05) is 0 Å². The number of carbonyl (C=O) groups excluding carboxylic acids is 1. The Hall–Kier alpha value is -2.37. The van der Waals surface area contributed by atoms with E-state index >= 15 is 0 Å². The van der Waals surface area contributed by atoms with Crippen LogP contribution in [0.4, 0.5) is 0 Å². The van der Waals surface area contributed by atoms with Gasteiger partial charge in [0.2, 0.25) is 0 Å². The number of carbonyl (C=O) groups is 1. The summed E-state index contributed by atoms with van der Waals surface area (Å²) in [4.78, 5) is 16.0. The predicted molar refractivity (Wildman–Crippen MR) is 81.5 cm³/mol. The largest absolute Gasteiger partial charge is 0.505 e. The minimum atomic E-state index is -0.395. The molecule has 1 aliphatic rings. The van der Waals surface area contributed by atoms with Crippen LogP contribution in [0.15, 0.2) is 24.5 Å². The summed E-state index contributed by atoms with van der Waals surface area (Å²) in [7, 11) is 0. The van der Waals surface area contributed by atoms with Crippen LogP contribution in [0.3, 0.4) is 0 Å². The molecule has 0 spiro atoms. The second-order valence-electron chi connectivity index (χ2n) is 5.79. The van der Waals surface area contributed by atoms with Gasteiger partial charge >= 0.3 is 0 Å². The molecule has 0 saturated heterocycles. The molecule has 3 rings (SSSR count). The highest BCUT2D eigenvalue weighted by Gasteiger charge is 2.18. The molecular formula is C16H20N4O2. The van der Waals surface area contributed by atoms with Crippen LogP contribution in [0.1, 0.15) is 53.5 Å². The zero-order valence-electron chi connectivity index (χ0n) is 12.6. The lowest BCUT2D eigenvalue weighted by Gasteiger charge is -2.09. The van der Waals surface area contributed by atoms with Gasteiger partial charge in [0, 0.05) is 12.4 Å². The molecule has 1 amide bonds. The molecule has 6 nitrogen and oxygen atoms in total. The maximum absolute atomic E-state index is 12.0. The molecule has 2 aromatic heterocycles. The summed E-state index contributed by atoms with van der Waals surface area (Å²) in [5, 5.41) is 17.0. The van der Waals surface area contributed by atoms with E-state index in [9.17, 15) is 9.90 Å². The van der Waals surface area contributed by atoms with E-state index < -0.39 is 5.91 Å². The number of hydrogen-bond donors (Lipinski definition) is 2. The van der Waals surface area contributed by atoms with Crippen LogP contribution in [-0.2, 0) is 6.54 Å². The average molecular weight is 300 g/mol. The summed E-state index contributed by atoms with van der Waals surface area (Å²) in [5.74, 6) is -0.498. The number of rotatable bonds is 4. The van der Waals surface area contributed by atoms with Gasteiger partial charge in [0.15, 0.2) is 5.69 Å². The van der Waals surface area contributed by atoms with Gasteiger partial charge in [-0.15, -0.1) is 0 Å². The number of aromatic nitrogens is 3. The van der Waals surface area contributed by atoms with Gasteiger partial charge < -0.3 is 10.4 Å². The van der Waals surface area contributed by atoms with Crippen LogP contribution in [-0.4, -0.2) is 25.8 Å². The normalized spacial score (nSPS) is 15.1. The number of hydrogen-bond acceptors (Lipinski definition) is 4. The highest BCUT2D eigenvalue weighted by atomic mass is 16.3. The quantitative estimate of drug-likeness (QED) is 0.908. The Labute approximate surface area is 129 Å². The third-order valence-corrected chi connectivity index (χ3v) is 4.01. The summed E-state index contributed by atoms with van der Waals surface area (Å²) in [6.45, 7) is 2.14. The lowest BCUT2D eigenvalue weighted by Crippen LogP contribution is -2.24. The number of nitrogens with one attached hydrogen (secondary N) is 1. The molecule has 2 N–H and O–H groups in total. The molecule has 116 valence electrons. The van der Waals surface area contributed by atoms with Crippen molar-refractivity contribution in [1.29, 1.82) is 0 Å². The first-order valence-electron chi connectivity index (χ1n) is 7.61. The molecular weight excluding hydrogens is 280 g/mol. The van der Waals surface area contributed by atoms with Gasteiger partial charge in [0.25, 0.3) is 5.91 Å². The Bertz CT molecular complexity index is 675. The molecule has 0 atom stereocenters. The highest BCUT2D eigenvalue weighted by molar-refractivity contribution is 5.94. The molecule has 2 aromatic rings. The second kappa shape index (κ2) is 6.17. The molecule has 2 heterocycles. The summed E-state index contributed by atoms with van der Waals surface area (Å²) in [5.41, 5.74) is 1.66. The van der Waals surface area contributed by atoms with Crippen molar-refractivity contribution in [3.63, 3.8) is 0 Å². The van der Waals surface area contributed by atoms with E-state index in [2.05, 4.69) is 15.4 Å². The van der Waals surface area contributed by atoms with Crippen molar-refractivity contribution in [2.24, 2.45) is 0 Å². The maximum atomic E-state index is 12.0. The molecule has 0 aliphatic heterocycles. The smallest absolute Gasteiger partial charge is 0.274 e. The van der Waals surface area contributed by atoms with E-state index in [-0.39, 0.29) is 11.4 Å². The zero-order valence-corrected chi connectivity index (χ0v) is 12.6. The predicted octanol–water partition coefficient (Wildman–Crippen LogP) is 2.34. The van der Waals surface area contributed by atoms with Gasteiger partial charge in [-0.1, -0.05) is 12.8 Å². The fourth-order valence-electron chi connectivity index (χ4n) is 2.83. The van der Waals surface area contributed by atoms with Crippen LogP contribution in [0.2, 0.25) is 0 Å². The fourth-order valence-corrected chi connectivity index (χ4v) is 2.83. The topological polar surface area (TPSA) is 80.0 Å². The second-order valence-corrected chi connectivity index (χ2v) is 5.79. The van der Waals surface area contributed by atoms with Crippen molar-refractivity contribution in [3.8, 4) is 5.75 Å². The van der Waals surface area contributed by atoms with Gasteiger partial charge in [-0.3, -0.25) is 9.48 Å². The molecule has 1 saturated carbocycles. The van der Waals surface area contributed by atoms with E-state index in [4.69, 9.17) is 0 Å². The summed E-state index contributed by atoms with van der Waals surface area (Å²) < 4.78 is 2.00. The third kappa shape index (κ3) is 3.10. The standard InChI is InChI=1S/C16H20N4O2/c1-11-8-14(21)15(17-9-11)16(22)18-10-12-6-7-20(19-12)13-4-2-3-5-13/h6-9,13,21H,2-5,10H2,1H3,(H,18,22). The zero-order chi connectivity index (χ0) is 15.5. The minimum absolute atomic E-state index is 0.0424. The fraction of sp³-hybridized carbons (Fsp3) is 0.438. The Morgan fingerprint density at radius 2 is 2.23 bits per heavy atom. The van der Waals surface area contributed by atoms with Gasteiger partial charge in [-0.25, -0.2) is 4.98 Å². The first-order valence-corrected chi connectivity index (χ1v) is 7.61. The van der Waals surface area contributed by atoms with Crippen LogP contribution < -0.4 is 5.32 Å². The number of nitrogens with zero attached hydrogens (tertiary/aromatic N) is 3. The van der Waals surface area contributed by atoms with E-state index in [1.54, 1.807) is 6.20 Å². The molecule has 0 unspecified atom stereocenters. The van der Waals surface area contributed by atoms with Gasteiger partial charge in [0.1, 0.15) is 5.75 Å². The molecule has 1 fully saturated rings. The van der Waals surface area contributed by atoms with Gasteiger partial charge in [0.05, 0.1) is 18.3 Å². The van der Waals surface area contributed by atoms with Crippen LogP contribution >= 0.6 is 0 Å². The summed E-state index contributed by atoms with van der Waals surface area (Å²) >= 11 is 0. The number of pyridine rings is 1. The van der Waals surface area contributed by atoms with Crippen LogP contribution in [0.25, 0.3) is 0 Å². The Morgan fingerprint density at radius 3 is 2.95 bits per heavy atom. The number of amides is 1. The first kappa shape index (κ1) is 14.6. The molecule has 0 aromatic carbocycles. The van der Waals surface area contributed by atoms with Crippen molar-refractivity contribution in [3.05, 3.63) is 41.5 Å².